The second-order valence-corrected chi connectivity index (χ2v) is 29.3. The highest BCUT2D eigenvalue weighted by Gasteiger charge is 2.65. The van der Waals surface area contributed by atoms with E-state index < -0.39 is 118 Å². The van der Waals surface area contributed by atoms with Crippen molar-refractivity contribution < 1.29 is 75.5 Å². The van der Waals surface area contributed by atoms with Crippen LogP contribution in [0.2, 0.25) is 10.1 Å². The van der Waals surface area contributed by atoms with E-state index in [9.17, 15) is 29.2 Å². The standard InChI is InChI=1S/C57H69NO16Si2/c1-38(59)67-49-47(35-65-75(55(6,7)8,43-25-16-12-17-26-43)44-27-18-13-19-28-44)72-54(52(70-41(4)62)51(49)69-40(3)61)74-57(37-64-34-24-33-58)53(71-42(5)63)50(68-39(2)60)48(73-57)36-66-76(56(9,10)11,45-29-20-14-21-30-45)46-31-22-15-23-32-46/h12-32,34,47-54H,35-37H2,1-11H3/b34-24+/t47-,48-,49-,50-,51+,52-,53+,54-,57+/m1/s1. The van der Waals surface area contributed by atoms with Gasteiger partial charge >= 0.3 is 29.8 Å². The second-order valence-electron chi connectivity index (χ2n) is 20.6. The van der Waals surface area contributed by atoms with E-state index in [-0.39, 0.29) is 13.2 Å². The van der Waals surface area contributed by atoms with Crippen LogP contribution in [0.5, 0.6) is 0 Å². The van der Waals surface area contributed by atoms with Crippen LogP contribution in [0.1, 0.15) is 76.2 Å². The Bertz CT molecular complexity index is 2600. The highest BCUT2D eigenvalue weighted by atomic mass is 28.4. The molecule has 406 valence electrons. The molecule has 0 N–H and O–H groups in total. The molecule has 6 rings (SSSR count). The van der Waals surface area contributed by atoms with Gasteiger partial charge in [0, 0.05) is 34.6 Å². The maximum absolute atomic E-state index is 13.4. The number of benzene rings is 4. The Morgan fingerprint density at radius 3 is 1.29 bits per heavy atom. The Balaban J connectivity index is 1.54. The molecule has 0 aromatic heterocycles. The maximum Gasteiger partial charge on any atom is 0.303 e. The molecule has 0 radical (unpaired) electrons. The summed E-state index contributed by atoms with van der Waals surface area (Å²) in [5, 5.41) is 12.1. The largest absolute Gasteiger partial charge is 0.495 e. The molecule has 4 aromatic carbocycles. The predicted octanol–water partition coefficient (Wildman–Crippen LogP) is 5.69. The van der Waals surface area contributed by atoms with E-state index in [4.69, 9.17) is 51.5 Å². The quantitative estimate of drug-likeness (QED) is 0.0342. The molecule has 4 aromatic rings. The molecule has 0 amide bonds. The zero-order chi connectivity index (χ0) is 55.5. The molecule has 17 nitrogen and oxygen atoms in total. The topological polar surface area (TPSA) is 211 Å². The van der Waals surface area contributed by atoms with Gasteiger partial charge in [0.2, 0.25) is 12.1 Å². The summed E-state index contributed by atoms with van der Waals surface area (Å²) in [7, 11) is -6.77. The van der Waals surface area contributed by atoms with Gasteiger partial charge in [-0.3, -0.25) is 24.0 Å². The van der Waals surface area contributed by atoms with E-state index in [0.717, 1.165) is 60.8 Å². The van der Waals surface area contributed by atoms with Gasteiger partial charge in [-0.25, -0.2) is 0 Å². The van der Waals surface area contributed by atoms with Crippen molar-refractivity contribution in [2.45, 2.75) is 141 Å². The first-order valence-corrected chi connectivity index (χ1v) is 28.8. The molecular weight excluding hydrogens is 1010 g/mol. The molecule has 2 heterocycles. The fourth-order valence-corrected chi connectivity index (χ4v) is 19.5. The van der Waals surface area contributed by atoms with Gasteiger partial charge in [0.05, 0.1) is 31.6 Å². The summed E-state index contributed by atoms with van der Waals surface area (Å²) in [4.78, 5) is 66.2. The minimum absolute atomic E-state index is 0.291. The lowest BCUT2D eigenvalue weighted by Gasteiger charge is -2.48. The molecule has 2 fully saturated rings. The number of carbonyl (C=O) groups excluding carboxylic acids is 5. The first-order valence-electron chi connectivity index (χ1n) is 25.0. The monoisotopic (exact) mass is 1080 g/mol. The van der Waals surface area contributed by atoms with Crippen LogP contribution >= 0.6 is 0 Å². The summed E-state index contributed by atoms with van der Waals surface area (Å²) in [6.07, 6.45) is -10.5. The van der Waals surface area contributed by atoms with Crippen LogP contribution in [0.15, 0.2) is 134 Å². The van der Waals surface area contributed by atoms with Crippen molar-refractivity contribution in [1.29, 1.82) is 5.26 Å². The third-order valence-corrected chi connectivity index (χ3v) is 23.2. The summed E-state index contributed by atoms with van der Waals surface area (Å²) in [6, 6.07) is 40.8. The van der Waals surface area contributed by atoms with Gasteiger partial charge in [-0.05, 0) is 30.8 Å². The number of rotatable bonds is 20. The first kappa shape index (κ1) is 58.8. The molecule has 19 heteroatoms. The smallest absolute Gasteiger partial charge is 0.303 e. The minimum Gasteiger partial charge on any atom is -0.495 e. The molecule has 0 saturated carbocycles. The third kappa shape index (κ3) is 13.2. The van der Waals surface area contributed by atoms with E-state index in [1.165, 1.54) is 6.92 Å². The number of nitrogens with zero attached hydrogens (tertiary/aromatic N) is 1. The van der Waals surface area contributed by atoms with E-state index in [1.54, 1.807) is 0 Å². The SMILES string of the molecule is CC(=O)O[C@@H]1[C@@H](OC(C)=O)[C@@H](O[C@]2(CO/C=C/C#N)O[C@H](CO[Si](c3ccccc3)(c3ccccc3)C(C)(C)C)[C@@H](OC(C)=O)[C@@H]2OC(C)=O)O[C@H](CO[Si](c2ccccc2)(c2ccccc2)C(C)(C)C)[C@H]1OC(C)=O. The second kappa shape index (κ2) is 25.1. The molecular formula is C57H69NO16Si2. The summed E-state index contributed by atoms with van der Waals surface area (Å²) in [6.45, 7) is 16.8. The average Bonchev–Trinajstić information content (AvgIpc) is 3.62. The Kier molecular flexibility index (Phi) is 19.4. The number of allylic oxidation sites excluding steroid dienone is 1. The fraction of sp³-hybridized carbons (Fsp3) is 0.439. The Morgan fingerprint density at radius 2 is 0.908 bits per heavy atom. The first-order chi connectivity index (χ1) is 36.0. The van der Waals surface area contributed by atoms with Crippen molar-refractivity contribution in [1.82, 2.24) is 0 Å². The molecule has 0 aliphatic carbocycles. The lowest BCUT2D eigenvalue weighted by molar-refractivity contribution is -0.383. The van der Waals surface area contributed by atoms with Crippen molar-refractivity contribution in [2.75, 3.05) is 19.8 Å². The van der Waals surface area contributed by atoms with Crippen LogP contribution in [0.4, 0.5) is 0 Å². The van der Waals surface area contributed by atoms with E-state index in [0.29, 0.717) is 0 Å². The summed E-state index contributed by atoms with van der Waals surface area (Å²) < 4.78 is 71.3. The van der Waals surface area contributed by atoms with Crippen molar-refractivity contribution in [3.8, 4) is 6.07 Å². The van der Waals surface area contributed by atoms with Crippen molar-refractivity contribution in [3.05, 3.63) is 134 Å². The Hall–Kier alpha value is -6.51. The average molecular weight is 1080 g/mol. The molecule has 2 aliphatic rings. The number of ether oxygens (including phenoxy) is 9. The Morgan fingerprint density at radius 1 is 0.539 bits per heavy atom. The van der Waals surface area contributed by atoms with E-state index in [1.807, 2.05) is 127 Å². The number of carbonyl (C=O) groups is 5. The van der Waals surface area contributed by atoms with Gasteiger partial charge in [0.1, 0.15) is 18.8 Å². The zero-order valence-electron chi connectivity index (χ0n) is 44.9. The van der Waals surface area contributed by atoms with Crippen molar-refractivity contribution in [3.63, 3.8) is 0 Å². The maximum atomic E-state index is 13.4. The van der Waals surface area contributed by atoms with Gasteiger partial charge in [-0.15, -0.1) is 0 Å². The van der Waals surface area contributed by atoms with Crippen molar-refractivity contribution >= 4 is 67.2 Å². The predicted molar refractivity (Wildman–Crippen MR) is 283 cm³/mol. The number of esters is 5. The summed E-state index contributed by atoms with van der Waals surface area (Å²) in [5.74, 6) is -6.57. The highest BCUT2D eigenvalue weighted by molar-refractivity contribution is 7.00. The number of nitriles is 1. The van der Waals surface area contributed by atoms with Crippen LogP contribution in [-0.4, -0.2) is 121 Å². The van der Waals surface area contributed by atoms with Crippen molar-refractivity contribution in [2.24, 2.45) is 0 Å². The minimum atomic E-state index is -3.40. The third-order valence-electron chi connectivity index (χ3n) is 13.1. The molecule has 2 saturated heterocycles. The van der Waals surface area contributed by atoms with Crippen LogP contribution in [0.25, 0.3) is 0 Å². The Labute approximate surface area is 446 Å². The molecule has 0 unspecified atom stereocenters. The molecule has 2 aliphatic heterocycles. The highest BCUT2D eigenvalue weighted by Crippen LogP contribution is 2.44. The van der Waals surface area contributed by atoms with E-state index in [2.05, 4.69) is 41.5 Å². The van der Waals surface area contributed by atoms with Crippen LogP contribution in [0.3, 0.4) is 0 Å². The molecule has 0 spiro atoms. The number of hydrogen-bond donors (Lipinski definition) is 0. The molecule has 76 heavy (non-hydrogen) atoms. The van der Waals surface area contributed by atoms with Crippen LogP contribution in [-0.2, 0) is 75.5 Å². The molecule has 9 atom stereocenters. The lowest BCUT2D eigenvalue weighted by atomic mass is 9.97. The van der Waals surface area contributed by atoms with Gasteiger partial charge < -0.3 is 51.5 Å². The van der Waals surface area contributed by atoms with Gasteiger partial charge in [-0.2, -0.15) is 5.26 Å². The summed E-state index contributed by atoms with van der Waals surface area (Å²) in [5.41, 5.74) is 0. The van der Waals surface area contributed by atoms with Crippen LogP contribution < -0.4 is 20.7 Å². The van der Waals surface area contributed by atoms with Crippen LogP contribution in [0, 0.1) is 11.3 Å². The fourth-order valence-electron chi connectivity index (χ4n) is 10.3. The molecule has 0 bridgehead atoms. The van der Waals surface area contributed by atoms with Gasteiger partial charge in [-0.1, -0.05) is 163 Å². The normalized spacial score (nSPS) is 23.9. The summed E-state index contributed by atoms with van der Waals surface area (Å²) >= 11 is 0. The lowest BCUT2D eigenvalue weighted by Crippen LogP contribution is -2.69. The zero-order valence-corrected chi connectivity index (χ0v) is 46.9. The van der Waals surface area contributed by atoms with Gasteiger partial charge in [0.25, 0.3) is 16.6 Å². The van der Waals surface area contributed by atoms with E-state index >= 15 is 0 Å². The van der Waals surface area contributed by atoms with Gasteiger partial charge in [0.15, 0.2) is 30.5 Å². The number of hydrogen-bond acceptors (Lipinski definition) is 17.